The fourth-order valence-corrected chi connectivity index (χ4v) is 1.96. The molecule has 1 aromatic carbocycles. The molecule has 88 valence electrons. The second kappa shape index (κ2) is 5.87. The van der Waals surface area contributed by atoms with Crippen molar-refractivity contribution >= 4 is 0 Å². The highest BCUT2D eigenvalue weighted by molar-refractivity contribution is 5.27. The number of hydrogen-bond acceptors (Lipinski definition) is 3. The van der Waals surface area contributed by atoms with E-state index in [2.05, 4.69) is 11.4 Å². The van der Waals surface area contributed by atoms with Gasteiger partial charge in [-0.1, -0.05) is 12.1 Å². The van der Waals surface area contributed by atoms with Crippen LogP contribution in [-0.4, -0.2) is 26.8 Å². The molecule has 0 aromatic heterocycles. The van der Waals surface area contributed by atoms with Gasteiger partial charge in [-0.05, 0) is 36.6 Å². The standard InChI is InChI=1S/C13H19NO2/c1-15-13-4-2-3-11(7-13)9-16-10-12-5-6-14-8-12/h2-4,7,12,14H,5-6,8-10H2,1H3/t12-/m0/s1. The maximum Gasteiger partial charge on any atom is 0.119 e. The molecule has 1 saturated heterocycles. The molecule has 1 aliphatic heterocycles. The van der Waals surface area contributed by atoms with Crippen molar-refractivity contribution in [1.82, 2.24) is 5.32 Å². The lowest BCUT2D eigenvalue weighted by Crippen LogP contribution is -2.13. The van der Waals surface area contributed by atoms with E-state index in [1.165, 1.54) is 12.0 Å². The van der Waals surface area contributed by atoms with Crippen molar-refractivity contribution in [3.8, 4) is 5.75 Å². The molecule has 1 atom stereocenters. The first-order chi connectivity index (χ1) is 7.88. The lowest BCUT2D eigenvalue weighted by Gasteiger charge is -2.09. The molecule has 0 saturated carbocycles. The molecule has 0 aliphatic carbocycles. The van der Waals surface area contributed by atoms with E-state index in [9.17, 15) is 0 Å². The monoisotopic (exact) mass is 221 g/mol. The summed E-state index contributed by atoms with van der Waals surface area (Å²) < 4.78 is 10.9. The zero-order chi connectivity index (χ0) is 11.2. The zero-order valence-corrected chi connectivity index (χ0v) is 9.74. The van der Waals surface area contributed by atoms with Crippen molar-refractivity contribution in [2.45, 2.75) is 13.0 Å². The number of ether oxygens (including phenoxy) is 2. The largest absolute Gasteiger partial charge is 0.497 e. The molecule has 2 rings (SSSR count). The van der Waals surface area contributed by atoms with Gasteiger partial charge in [-0.15, -0.1) is 0 Å². The predicted molar refractivity (Wildman–Crippen MR) is 63.6 cm³/mol. The second-order valence-corrected chi connectivity index (χ2v) is 4.23. The van der Waals surface area contributed by atoms with Crippen LogP contribution in [0.4, 0.5) is 0 Å². The zero-order valence-electron chi connectivity index (χ0n) is 9.74. The Bertz CT molecular complexity index is 321. The van der Waals surface area contributed by atoms with Gasteiger partial charge in [0.1, 0.15) is 5.75 Å². The van der Waals surface area contributed by atoms with Crippen LogP contribution in [0.15, 0.2) is 24.3 Å². The van der Waals surface area contributed by atoms with E-state index >= 15 is 0 Å². The van der Waals surface area contributed by atoms with Crippen molar-refractivity contribution in [3.63, 3.8) is 0 Å². The van der Waals surface area contributed by atoms with Gasteiger partial charge >= 0.3 is 0 Å². The van der Waals surface area contributed by atoms with E-state index in [1.54, 1.807) is 7.11 Å². The Morgan fingerprint density at radius 3 is 3.12 bits per heavy atom. The Morgan fingerprint density at radius 1 is 1.44 bits per heavy atom. The maximum atomic E-state index is 5.71. The van der Waals surface area contributed by atoms with Crippen LogP contribution in [0.5, 0.6) is 5.75 Å². The molecule has 16 heavy (non-hydrogen) atoms. The summed E-state index contributed by atoms with van der Waals surface area (Å²) in [5, 5.41) is 3.34. The van der Waals surface area contributed by atoms with Crippen molar-refractivity contribution in [3.05, 3.63) is 29.8 Å². The van der Waals surface area contributed by atoms with Crippen LogP contribution in [0.25, 0.3) is 0 Å². The summed E-state index contributed by atoms with van der Waals surface area (Å²) in [5.41, 5.74) is 1.17. The Morgan fingerprint density at radius 2 is 2.38 bits per heavy atom. The minimum absolute atomic E-state index is 0.674. The van der Waals surface area contributed by atoms with Crippen molar-refractivity contribution in [1.29, 1.82) is 0 Å². The number of methoxy groups -OCH3 is 1. The third-order valence-corrected chi connectivity index (χ3v) is 2.92. The topological polar surface area (TPSA) is 30.5 Å². The van der Waals surface area contributed by atoms with Gasteiger partial charge in [-0.25, -0.2) is 0 Å². The first kappa shape index (κ1) is 11.4. The Balaban J connectivity index is 1.75. The van der Waals surface area contributed by atoms with Crippen LogP contribution in [-0.2, 0) is 11.3 Å². The summed E-state index contributed by atoms with van der Waals surface area (Å²) in [4.78, 5) is 0. The molecule has 1 fully saturated rings. The van der Waals surface area contributed by atoms with Crippen LogP contribution in [0.3, 0.4) is 0 Å². The van der Waals surface area contributed by atoms with E-state index in [-0.39, 0.29) is 0 Å². The Labute approximate surface area is 96.8 Å². The molecule has 1 aliphatic rings. The maximum absolute atomic E-state index is 5.71. The SMILES string of the molecule is COc1cccc(COC[C@H]2CCNC2)c1. The highest BCUT2D eigenvalue weighted by atomic mass is 16.5. The molecular formula is C13H19NO2. The highest BCUT2D eigenvalue weighted by Gasteiger charge is 2.13. The Kier molecular flexibility index (Phi) is 4.19. The molecule has 0 bridgehead atoms. The molecule has 0 amide bonds. The van der Waals surface area contributed by atoms with Gasteiger partial charge < -0.3 is 14.8 Å². The van der Waals surface area contributed by atoms with Gasteiger partial charge in [0.25, 0.3) is 0 Å². The van der Waals surface area contributed by atoms with Gasteiger partial charge in [-0.3, -0.25) is 0 Å². The second-order valence-electron chi connectivity index (χ2n) is 4.23. The van der Waals surface area contributed by atoms with Crippen LogP contribution in [0.1, 0.15) is 12.0 Å². The molecular weight excluding hydrogens is 202 g/mol. The Hall–Kier alpha value is -1.06. The summed E-state index contributed by atoms with van der Waals surface area (Å²) >= 11 is 0. The van der Waals surface area contributed by atoms with E-state index in [1.807, 2.05) is 18.2 Å². The number of rotatable bonds is 5. The van der Waals surface area contributed by atoms with Crippen LogP contribution >= 0.6 is 0 Å². The van der Waals surface area contributed by atoms with E-state index in [0.717, 1.165) is 25.4 Å². The number of benzene rings is 1. The number of nitrogens with one attached hydrogen (secondary N) is 1. The fraction of sp³-hybridized carbons (Fsp3) is 0.538. The van der Waals surface area contributed by atoms with Gasteiger partial charge in [0.15, 0.2) is 0 Å². The van der Waals surface area contributed by atoms with E-state index < -0.39 is 0 Å². The summed E-state index contributed by atoms with van der Waals surface area (Å²) in [5.74, 6) is 1.58. The summed E-state index contributed by atoms with van der Waals surface area (Å²) in [7, 11) is 1.68. The van der Waals surface area contributed by atoms with Crippen molar-refractivity contribution < 1.29 is 9.47 Å². The van der Waals surface area contributed by atoms with Gasteiger partial charge in [0.2, 0.25) is 0 Å². The molecule has 1 N–H and O–H groups in total. The smallest absolute Gasteiger partial charge is 0.119 e. The molecule has 1 heterocycles. The van der Waals surface area contributed by atoms with Crippen LogP contribution < -0.4 is 10.1 Å². The first-order valence-electron chi connectivity index (χ1n) is 5.80. The molecule has 0 radical (unpaired) electrons. The van der Waals surface area contributed by atoms with Crippen molar-refractivity contribution in [2.24, 2.45) is 5.92 Å². The third-order valence-electron chi connectivity index (χ3n) is 2.92. The molecule has 1 aromatic rings. The van der Waals surface area contributed by atoms with Gasteiger partial charge in [0, 0.05) is 6.54 Å². The summed E-state index contributed by atoms with van der Waals surface area (Å²) in [6, 6.07) is 8.03. The minimum Gasteiger partial charge on any atom is -0.497 e. The number of hydrogen-bond donors (Lipinski definition) is 1. The first-order valence-corrected chi connectivity index (χ1v) is 5.80. The van der Waals surface area contributed by atoms with E-state index in [4.69, 9.17) is 9.47 Å². The lowest BCUT2D eigenvalue weighted by molar-refractivity contribution is 0.0923. The lowest BCUT2D eigenvalue weighted by atomic mass is 10.1. The molecule has 3 nitrogen and oxygen atoms in total. The quantitative estimate of drug-likeness (QED) is 0.822. The van der Waals surface area contributed by atoms with Gasteiger partial charge in [0.05, 0.1) is 20.3 Å². The molecule has 3 heteroatoms. The molecule has 0 unspecified atom stereocenters. The average Bonchev–Trinajstić information content (AvgIpc) is 2.82. The summed E-state index contributed by atoms with van der Waals surface area (Å²) in [6.45, 7) is 3.75. The van der Waals surface area contributed by atoms with Crippen LogP contribution in [0.2, 0.25) is 0 Å². The molecule has 0 spiro atoms. The van der Waals surface area contributed by atoms with Crippen LogP contribution in [0, 0.1) is 5.92 Å². The normalized spacial score (nSPS) is 19.9. The highest BCUT2D eigenvalue weighted by Crippen LogP contribution is 2.14. The van der Waals surface area contributed by atoms with Gasteiger partial charge in [-0.2, -0.15) is 0 Å². The predicted octanol–water partition coefficient (Wildman–Crippen LogP) is 1.82. The average molecular weight is 221 g/mol. The third kappa shape index (κ3) is 3.22. The summed E-state index contributed by atoms with van der Waals surface area (Å²) in [6.07, 6.45) is 1.23. The fourth-order valence-electron chi connectivity index (χ4n) is 1.96. The van der Waals surface area contributed by atoms with Crippen molar-refractivity contribution in [2.75, 3.05) is 26.8 Å². The minimum atomic E-state index is 0.674. The van der Waals surface area contributed by atoms with E-state index in [0.29, 0.717) is 12.5 Å².